The number of aliphatic hydroxyl groups excluding tert-OH is 1. The predicted molar refractivity (Wildman–Crippen MR) is 66.4 cm³/mol. The summed E-state index contributed by atoms with van der Waals surface area (Å²) in [6, 6.07) is 5.82. The molecule has 0 spiro atoms. The fourth-order valence-corrected chi connectivity index (χ4v) is 1.46. The van der Waals surface area contributed by atoms with Crippen LogP contribution in [0.2, 0.25) is 0 Å². The van der Waals surface area contributed by atoms with Crippen molar-refractivity contribution in [1.29, 1.82) is 0 Å². The van der Waals surface area contributed by atoms with E-state index in [-0.39, 0.29) is 12.5 Å². The summed E-state index contributed by atoms with van der Waals surface area (Å²) in [6.07, 6.45) is 0. The lowest BCUT2D eigenvalue weighted by Gasteiger charge is -2.12. The third kappa shape index (κ3) is 4.42. The molecule has 98 valence electrons. The maximum atomic E-state index is 11.6. The number of primary amides is 1. The van der Waals surface area contributed by atoms with E-state index in [1.807, 2.05) is 6.07 Å². The van der Waals surface area contributed by atoms with E-state index < -0.39 is 12.1 Å². The Labute approximate surface area is 105 Å². The van der Waals surface area contributed by atoms with Gasteiger partial charge in [-0.25, -0.2) is 4.79 Å². The van der Waals surface area contributed by atoms with Gasteiger partial charge in [0.2, 0.25) is 5.91 Å². The fourth-order valence-electron chi connectivity index (χ4n) is 1.46. The second kappa shape index (κ2) is 6.61. The van der Waals surface area contributed by atoms with Crippen LogP contribution in [-0.4, -0.2) is 23.1 Å². The summed E-state index contributed by atoms with van der Waals surface area (Å²) in [5.74, 6) is -0.316. The zero-order valence-electron chi connectivity index (χ0n) is 10.1. The molecule has 0 aromatic heterocycles. The van der Waals surface area contributed by atoms with E-state index in [1.165, 1.54) is 0 Å². The van der Waals surface area contributed by atoms with Gasteiger partial charge in [-0.05, 0) is 18.1 Å². The molecule has 0 radical (unpaired) electrons. The van der Waals surface area contributed by atoms with Crippen LogP contribution in [0.3, 0.4) is 0 Å². The van der Waals surface area contributed by atoms with E-state index in [0.717, 1.165) is 11.1 Å². The Kier molecular flexibility index (Phi) is 5.13. The third-order valence-electron chi connectivity index (χ3n) is 2.39. The smallest absolute Gasteiger partial charge is 0.312 e. The van der Waals surface area contributed by atoms with Crippen molar-refractivity contribution in [2.24, 2.45) is 5.73 Å². The molecular formula is C12H17N3O3. The second-order valence-electron chi connectivity index (χ2n) is 3.93. The highest BCUT2D eigenvalue weighted by molar-refractivity contribution is 5.86. The largest absolute Gasteiger partial charge is 0.392 e. The van der Waals surface area contributed by atoms with Crippen LogP contribution >= 0.6 is 0 Å². The van der Waals surface area contributed by atoms with Crippen LogP contribution in [0, 0.1) is 0 Å². The minimum atomic E-state index is -0.736. The molecule has 1 rings (SSSR count). The molecule has 0 bridgehead atoms. The summed E-state index contributed by atoms with van der Waals surface area (Å²) in [6.45, 7) is 1.84. The van der Waals surface area contributed by atoms with Gasteiger partial charge >= 0.3 is 6.03 Å². The number of carbonyl (C=O) groups is 2. The molecule has 0 aliphatic rings. The number of aliphatic hydroxyl groups is 1. The Morgan fingerprint density at radius 3 is 2.67 bits per heavy atom. The van der Waals surface area contributed by atoms with Crippen molar-refractivity contribution in [3.05, 3.63) is 35.4 Å². The molecular weight excluding hydrogens is 234 g/mol. The first-order valence-corrected chi connectivity index (χ1v) is 5.55. The van der Waals surface area contributed by atoms with Crippen LogP contribution in [0.15, 0.2) is 24.3 Å². The van der Waals surface area contributed by atoms with Crippen molar-refractivity contribution in [3.63, 3.8) is 0 Å². The van der Waals surface area contributed by atoms with Crippen LogP contribution in [0.4, 0.5) is 4.79 Å². The first-order valence-electron chi connectivity index (χ1n) is 5.55. The topological polar surface area (TPSA) is 104 Å². The molecule has 6 heteroatoms. The normalized spacial score (nSPS) is 11.7. The van der Waals surface area contributed by atoms with Crippen LogP contribution in [0.5, 0.6) is 0 Å². The number of hydrogen-bond donors (Lipinski definition) is 4. The van der Waals surface area contributed by atoms with E-state index in [0.29, 0.717) is 6.54 Å². The maximum absolute atomic E-state index is 11.6. The highest BCUT2D eigenvalue weighted by Crippen LogP contribution is 2.04. The second-order valence-corrected chi connectivity index (χ2v) is 3.93. The average molecular weight is 251 g/mol. The van der Waals surface area contributed by atoms with Gasteiger partial charge in [-0.1, -0.05) is 24.3 Å². The van der Waals surface area contributed by atoms with Gasteiger partial charge in [-0.3, -0.25) is 4.79 Å². The number of nitrogens with two attached hydrogens (primary N) is 1. The van der Waals surface area contributed by atoms with Gasteiger partial charge in [0.15, 0.2) is 0 Å². The number of amides is 3. The molecule has 0 fully saturated rings. The molecule has 1 aromatic carbocycles. The highest BCUT2D eigenvalue weighted by atomic mass is 16.3. The van der Waals surface area contributed by atoms with Gasteiger partial charge in [0.1, 0.15) is 6.04 Å². The molecule has 0 heterocycles. The predicted octanol–water partition coefficient (Wildman–Crippen LogP) is -0.148. The van der Waals surface area contributed by atoms with Crippen molar-refractivity contribution in [1.82, 2.24) is 10.6 Å². The molecule has 1 unspecified atom stereocenters. The summed E-state index contributed by atoms with van der Waals surface area (Å²) in [5.41, 5.74) is 6.58. The van der Waals surface area contributed by atoms with Crippen molar-refractivity contribution in [3.8, 4) is 0 Å². The molecule has 1 atom stereocenters. The summed E-state index contributed by atoms with van der Waals surface area (Å²) in [5, 5.41) is 13.9. The molecule has 0 saturated heterocycles. The number of urea groups is 1. The Hall–Kier alpha value is -2.08. The summed E-state index contributed by atoms with van der Waals surface area (Å²) < 4.78 is 0. The molecule has 3 amide bonds. The third-order valence-corrected chi connectivity index (χ3v) is 2.39. The van der Waals surface area contributed by atoms with Crippen molar-refractivity contribution < 1.29 is 14.7 Å². The van der Waals surface area contributed by atoms with Gasteiger partial charge < -0.3 is 21.5 Å². The van der Waals surface area contributed by atoms with Crippen LogP contribution in [0.25, 0.3) is 0 Å². The van der Waals surface area contributed by atoms with Gasteiger partial charge in [0.25, 0.3) is 0 Å². The van der Waals surface area contributed by atoms with Gasteiger partial charge in [-0.2, -0.15) is 0 Å². The fraction of sp³-hybridized carbons (Fsp3) is 0.333. The molecule has 0 saturated carbocycles. The van der Waals surface area contributed by atoms with Crippen LogP contribution < -0.4 is 16.4 Å². The monoisotopic (exact) mass is 251 g/mol. The molecule has 5 N–H and O–H groups in total. The highest BCUT2D eigenvalue weighted by Gasteiger charge is 2.13. The number of carbonyl (C=O) groups excluding carboxylic acids is 2. The molecule has 6 nitrogen and oxygen atoms in total. The molecule has 1 aromatic rings. The number of hydrogen-bond acceptors (Lipinski definition) is 3. The molecule has 0 aliphatic carbocycles. The average Bonchev–Trinajstić information content (AvgIpc) is 2.35. The first kappa shape index (κ1) is 14.0. The van der Waals surface area contributed by atoms with E-state index in [9.17, 15) is 9.59 Å². The lowest BCUT2D eigenvalue weighted by Crippen LogP contribution is -2.46. The van der Waals surface area contributed by atoms with E-state index >= 15 is 0 Å². The van der Waals surface area contributed by atoms with Gasteiger partial charge in [0.05, 0.1) is 6.61 Å². The Balaban J connectivity index is 2.49. The number of nitrogens with one attached hydrogen (secondary N) is 2. The summed E-state index contributed by atoms with van der Waals surface area (Å²) in [4.78, 5) is 22.2. The van der Waals surface area contributed by atoms with Gasteiger partial charge in [0, 0.05) is 6.54 Å². The van der Waals surface area contributed by atoms with Crippen LogP contribution in [0.1, 0.15) is 18.1 Å². The summed E-state index contributed by atoms with van der Waals surface area (Å²) >= 11 is 0. The number of benzene rings is 1. The SMILES string of the molecule is CC(NC(N)=O)C(=O)NCc1cccc(CO)c1. The quantitative estimate of drug-likeness (QED) is 0.585. The van der Waals surface area contributed by atoms with E-state index in [4.69, 9.17) is 10.8 Å². The zero-order chi connectivity index (χ0) is 13.5. The first-order chi connectivity index (χ1) is 8.52. The summed E-state index contributed by atoms with van der Waals surface area (Å²) in [7, 11) is 0. The van der Waals surface area contributed by atoms with Crippen LogP contribution in [-0.2, 0) is 17.9 Å². The van der Waals surface area contributed by atoms with Crippen molar-refractivity contribution >= 4 is 11.9 Å². The minimum absolute atomic E-state index is 0.0403. The standard InChI is InChI=1S/C12H17N3O3/c1-8(15-12(13)18)11(17)14-6-9-3-2-4-10(5-9)7-16/h2-5,8,16H,6-7H2,1H3,(H,14,17)(H3,13,15,18). The zero-order valence-corrected chi connectivity index (χ0v) is 10.1. The molecule has 0 aliphatic heterocycles. The van der Waals surface area contributed by atoms with E-state index in [1.54, 1.807) is 25.1 Å². The van der Waals surface area contributed by atoms with Crippen molar-refractivity contribution in [2.45, 2.75) is 26.1 Å². The minimum Gasteiger partial charge on any atom is -0.392 e. The Morgan fingerprint density at radius 1 is 1.39 bits per heavy atom. The Morgan fingerprint density at radius 2 is 2.06 bits per heavy atom. The molecule has 18 heavy (non-hydrogen) atoms. The lowest BCUT2D eigenvalue weighted by atomic mass is 10.1. The van der Waals surface area contributed by atoms with Gasteiger partial charge in [-0.15, -0.1) is 0 Å². The van der Waals surface area contributed by atoms with Crippen molar-refractivity contribution in [2.75, 3.05) is 0 Å². The maximum Gasteiger partial charge on any atom is 0.312 e. The Bertz CT molecular complexity index is 434. The number of rotatable bonds is 5. The lowest BCUT2D eigenvalue weighted by molar-refractivity contribution is -0.122. The van der Waals surface area contributed by atoms with E-state index in [2.05, 4.69) is 10.6 Å².